The fraction of sp³-hybridized carbons (Fsp3) is 0.286. The van der Waals surface area contributed by atoms with Gasteiger partial charge in [-0.1, -0.05) is 0 Å². The number of anilines is 1. The van der Waals surface area contributed by atoms with Gasteiger partial charge in [0.1, 0.15) is 5.70 Å². The molecule has 1 N–H and O–H groups in total. The zero-order valence-corrected chi connectivity index (χ0v) is 13.5. The van der Waals surface area contributed by atoms with Crippen LogP contribution in [0.15, 0.2) is 30.0 Å². The molecular formula is C14H11F6NO6. The number of rotatable bonds is 6. The molecule has 0 aliphatic rings. The molecule has 0 atom stereocenters. The Morgan fingerprint density at radius 2 is 1.48 bits per heavy atom. The predicted octanol–water partition coefficient (Wildman–Crippen LogP) is 3.13. The van der Waals surface area contributed by atoms with E-state index in [4.69, 9.17) is 0 Å². The van der Waals surface area contributed by atoms with E-state index in [-0.39, 0.29) is 5.69 Å². The molecule has 0 amide bonds. The summed E-state index contributed by atoms with van der Waals surface area (Å²) in [5.74, 6) is -4.73. The Labute approximate surface area is 147 Å². The molecule has 0 fully saturated rings. The third-order valence-electron chi connectivity index (χ3n) is 2.54. The Bertz CT molecular complexity index is 728. The van der Waals surface area contributed by atoms with Gasteiger partial charge in [0.15, 0.2) is 11.5 Å². The fourth-order valence-corrected chi connectivity index (χ4v) is 1.59. The Kier molecular flexibility index (Phi) is 6.91. The summed E-state index contributed by atoms with van der Waals surface area (Å²) in [7, 11) is 1.94. The van der Waals surface area contributed by atoms with Crippen LogP contribution in [0.3, 0.4) is 0 Å². The first-order valence-electron chi connectivity index (χ1n) is 6.65. The van der Waals surface area contributed by atoms with Gasteiger partial charge in [-0.25, -0.2) is 9.59 Å². The van der Waals surface area contributed by atoms with Crippen LogP contribution in [0.1, 0.15) is 0 Å². The number of ether oxygens (including phenoxy) is 4. The van der Waals surface area contributed by atoms with E-state index in [1.165, 1.54) is 0 Å². The van der Waals surface area contributed by atoms with Crippen molar-refractivity contribution >= 4 is 17.6 Å². The largest absolute Gasteiger partial charge is 0.573 e. The number of benzene rings is 1. The topological polar surface area (TPSA) is 83.1 Å². The van der Waals surface area contributed by atoms with E-state index in [1.54, 1.807) is 0 Å². The van der Waals surface area contributed by atoms with Crippen LogP contribution in [0, 0.1) is 0 Å². The molecule has 150 valence electrons. The molecule has 0 radical (unpaired) electrons. The lowest BCUT2D eigenvalue weighted by Crippen LogP contribution is -2.21. The third-order valence-corrected chi connectivity index (χ3v) is 2.54. The van der Waals surface area contributed by atoms with Gasteiger partial charge in [0, 0.05) is 11.8 Å². The number of halogens is 6. The second kappa shape index (κ2) is 8.51. The van der Waals surface area contributed by atoms with Gasteiger partial charge >= 0.3 is 24.7 Å². The van der Waals surface area contributed by atoms with E-state index in [9.17, 15) is 35.9 Å². The van der Waals surface area contributed by atoms with Crippen molar-refractivity contribution in [3.63, 3.8) is 0 Å². The van der Waals surface area contributed by atoms with Gasteiger partial charge in [-0.3, -0.25) is 0 Å². The molecule has 27 heavy (non-hydrogen) atoms. The minimum atomic E-state index is -5.32. The van der Waals surface area contributed by atoms with Crippen LogP contribution >= 0.6 is 0 Å². The highest BCUT2D eigenvalue weighted by Crippen LogP contribution is 2.37. The minimum Gasteiger partial charge on any atom is -0.466 e. The molecule has 0 saturated heterocycles. The fourth-order valence-electron chi connectivity index (χ4n) is 1.59. The Hall–Kier alpha value is -3.12. The summed E-state index contributed by atoms with van der Waals surface area (Å²) in [6.45, 7) is 0. The van der Waals surface area contributed by atoms with Gasteiger partial charge in [-0.2, -0.15) is 0 Å². The summed E-state index contributed by atoms with van der Waals surface area (Å²) in [5, 5.41) is 2.21. The zero-order valence-electron chi connectivity index (χ0n) is 13.5. The molecule has 0 bridgehead atoms. The maximum absolute atomic E-state index is 12.4. The number of nitrogens with one attached hydrogen (secondary N) is 1. The monoisotopic (exact) mass is 403 g/mol. The van der Waals surface area contributed by atoms with Gasteiger partial charge in [0.25, 0.3) is 0 Å². The molecule has 1 aromatic carbocycles. The molecule has 0 unspecified atom stereocenters. The van der Waals surface area contributed by atoms with Crippen LogP contribution in [0.4, 0.5) is 32.0 Å². The molecule has 13 heteroatoms. The number of hydrogen-bond donors (Lipinski definition) is 1. The van der Waals surface area contributed by atoms with E-state index >= 15 is 0 Å². The second-order valence-electron chi connectivity index (χ2n) is 4.45. The highest BCUT2D eigenvalue weighted by molar-refractivity contribution is 5.98. The molecule has 0 aromatic heterocycles. The quantitative estimate of drug-likeness (QED) is 0.444. The predicted molar refractivity (Wildman–Crippen MR) is 75.5 cm³/mol. The van der Waals surface area contributed by atoms with Crippen molar-refractivity contribution in [2.75, 3.05) is 19.5 Å². The Balaban J connectivity index is 3.27. The summed E-state index contributed by atoms with van der Waals surface area (Å²) >= 11 is 0. The van der Waals surface area contributed by atoms with Crippen molar-refractivity contribution < 1.29 is 54.9 Å². The number of methoxy groups -OCH3 is 2. The summed E-state index contributed by atoms with van der Waals surface area (Å²) in [4.78, 5) is 22.8. The standard InChI is InChI=1S/C14H11F6NO6/c1-24-11(22)6-8(12(23)25-2)21-7-3-4-9(26-13(15,16)17)10(5-7)27-14(18,19)20/h3-6,21H,1-2H3/b8-6+. The first-order valence-corrected chi connectivity index (χ1v) is 6.65. The van der Waals surface area contributed by atoms with E-state index in [0.717, 1.165) is 20.3 Å². The van der Waals surface area contributed by atoms with Gasteiger partial charge in [-0.05, 0) is 12.1 Å². The SMILES string of the molecule is COC(=O)/C=C(/Nc1ccc(OC(F)(F)F)c(OC(F)(F)F)c1)C(=O)OC. The molecule has 0 spiro atoms. The Morgan fingerprint density at radius 3 is 1.96 bits per heavy atom. The van der Waals surface area contributed by atoms with Crippen molar-refractivity contribution in [1.29, 1.82) is 0 Å². The maximum atomic E-state index is 12.4. The molecule has 1 rings (SSSR count). The van der Waals surface area contributed by atoms with Crippen LogP contribution in [0.2, 0.25) is 0 Å². The number of carbonyl (C=O) groups excluding carboxylic acids is 2. The first-order chi connectivity index (χ1) is 12.3. The minimum absolute atomic E-state index is 0.343. The number of esters is 2. The summed E-state index contributed by atoms with van der Waals surface area (Å²) < 4.78 is 89.8. The highest BCUT2D eigenvalue weighted by Gasteiger charge is 2.36. The maximum Gasteiger partial charge on any atom is 0.573 e. The summed E-state index contributed by atoms with van der Waals surface area (Å²) in [6.07, 6.45) is -9.98. The van der Waals surface area contributed by atoms with Gasteiger partial charge in [0.05, 0.1) is 20.3 Å². The lowest BCUT2D eigenvalue weighted by Gasteiger charge is -2.17. The van der Waals surface area contributed by atoms with E-state index in [2.05, 4.69) is 24.3 Å². The second-order valence-corrected chi connectivity index (χ2v) is 4.45. The van der Waals surface area contributed by atoms with Gasteiger partial charge in [-0.15, -0.1) is 26.3 Å². The average Bonchev–Trinajstić information content (AvgIpc) is 2.53. The smallest absolute Gasteiger partial charge is 0.466 e. The third kappa shape index (κ3) is 7.75. The molecule has 0 saturated carbocycles. The lowest BCUT2D eigenvalue weighted by atomic mass is 10.2. The van der Waals surface area contributed by atoms with Crippen LogP contribution in [-0.2, 0) is 19.1 Å². The van der Waals surface area contributed by atoms with Crippen LogP contribution < -0.4 is 14.8 Å². The van der Waals surface area contributed by atoms with Crippen molar-refractivity contribution in [1.82, 2.24) is 0 Å². The van der Waals surface area contributed by atoms with E-state index in [1.807, 2.05) is 0 Å². The van der Waals surface area contributed by atoms with Crippen molar-refractivity contribution in [2.24, 2.45) is 0 Å². The van der Waals surface area contributed by atoms with E-state index in [0.29, 0.717) is 18.2 Å². The molecule has 7 nitrogen and oxygen atoms in total. The van der Waals surface area contributed by atoms with E-state index < -0.39 is 41.9 Å². The van der Waals surface area contributed by atoms with Gasteiger partial charge < -0.3 is 24.3 Å². The summed E-state index contributed by atoms with van der Waals surface area (Å²) in [6, 6.07) is 1.84. The van der Waals surface area contributed by atoms with Crippen LogP contribution in [0.25, 0.3) is 0 Å². The molecule has 1 aromatic rings. The highest BCUT2D eigenvalue weighted by atomic mass is 19.4. The summed E-state index contributed by atoms with van der Waals surface area (Å²) in [5.41, 5.74) is -0.906. The molecular weight excluding hydrogens is 392 g/mol. The van der Waals surface area contributed by atoms with Crippen LogP contribution in [-0.4, -0.2) is 38.9 Å². The number of carbonyl (C=O) groups is 2. The van der Waals surface area contributed by atoms with Crippen molar-refractivity contribution in [2.45, 2.75) is 12.7 Å². The number of hydrogen-bond acceptors (Lipinski definition) is 7. The van der Waals surface area contributed by atoms with Crippen LogP contribution in [0.5, 0.6) is 11.5 Å². The molecule has 0 heterocycles. The first kappa shape index (κ1) is 21.9. The van der Waals surface area contributed by atoms with Gasteiger partial charge in [0.2, 0.25) is 0 Å². The lowest BCUT2D eigenvalue weighted by molar-refractivity contribution is -0.287. The molecule has 0 aliphatic heterocycles. The van der Waals surface area contributed by atoms with Crippen molar-refractivity contribution in [3.05, 3.63) is 30.0 Å². The normalized spacial score (nSPS) is 12.2. The van der Waals surface area contributed by atoms with Crippen molar-refractivity contribution in [3.8, 4) is 11.5 Å². The molecule has 0 aliphatic carbocycles. The Morgan fingerprint density at radius 1 is 0.926 bits per heavy atom. The average molecular weight is 403 g/mol. The number of alkyl halides is 6. The zero-order chi connectivity index (χ0) is 20.8.